The lowest BCUT2D eigenvalue weighted by Gasteiger charge is -2.16. The fourth-order valence-electron chi connectivity index (χ4n) is 2.19. The largest absolute Gasteiger partial charge is 0.493 e. The maximum atomic E-state index is 5.86. The quantitative estimate of drug-likeness (QED) is 0.817. The van der Waals surface area contributed by atoms with Crippen LogP contribution in [0.2, 0.25) is 0 Å². The van der Waals surface area contributed by atoms with E-state index in [0.717, 1.165) is 29.2 Å². The molecule has 112 valence electrons. The van der Waals surface area contributed by atoms with Crippen molar-refractivity contribution >= 4 is 5.69 Å². The molecule has 2 rings (SSSR count). The van der Waals surface area contributed by atoms with Crippen molar-refractivity contribution in [3.8, 4) is 11.5 Å². The van der Waals surface area contributed by atoms with Gasteiger partial charge in [-0.05, 0) is 31.0 Å². The van der Waals surface area contributed by atoms with E-state index < -0.39 is 0 Å². The lowest BCUT2D eigenvalue weighted by molar-refractivity contribution is 0.291. The molecular formula is C18H23NO2. The van der Waals surface area contributed by atoms with Gasteiger partial charge in [-0.1, -0.05) is 37.3 Å². The van der Waals surface area contributed by atoms with E-state index in [1.54, 1.807) is 7.11 Å². The molecule has 0 saturated heterocycles. The Morgan fingerprint density at radius 1 is 1.05 bits per heavy atom. The lowest BCUT2D eigenvalue weighted by Crippen LogP contribution is -2.06. The minimum Gasteiger partial charge on any atom is -0.493 e. The highest BCUT2D eigenvalue weighted by Gasteiger charge is 2.10. The molecule has 0 spiro atoms. The second-order valence-corrected chi connectivity index (χ2v) is 4.97. The molecule has 3 nitrogen and oxygen atoms in total. The van der Waals surface area contributed by atoms with E-state index in [0.29, 0.717) is 13.2 Å². The Kier molecular flexibility index (Phi) is 5.50. The molecule has 0 aliphatic rings. The second-order valence-electron chi connectivity index (χ2n) is 4.97. The number of hydrogen-bond acceptors (Lipinski definition) is 3. The Morgan fingerprint density at radius 3 is 2.57 bits per heavy atom. The van der Waals surface area contributed by atoms with Crippen LogP contribution in [0.1, 0.15) is 24.5 Å². The highest BCUT2D eigenvalue weighted by Crippen LogP contribution is 2.32. The molecule has 21 heavy (non-hydrogen) atoms. The number of rotatable bonds is 7. The van der Waals surface area contributed by atoms with Gasteiger partial charge < -0.3 is 14.8 Å². The summed E-state index contributed by atoms with van der Waals surface area (Å²) in [6.45, 7) is 5.60. The van der Waals surface area contributed by atoms with Gasteiger partial charge in [0.1, 0.15) is 0 Å². The summed E-state index contributed by atoms with van der Waals surface area (Å²) in [4.78, 5) is 0. The Bertz CT molecular complexity index is 581. The summed E-state index contributed by atoms with van der Waals surface area (Å²) in [5, 5.41) is 3.46. The first-order valence-electron chi connectivity index (χ1n) is 7.34. The highest BCUT2D eigenvalue weighted by molar-refractivity contribution is 5.53. The summed E-state index contributed by atoms with van der Waals surface area (Å²) in [5.41, 5.74) is 3.48. The summed E-state index contributed by atoms with van der Waals surface area (Å²) in [7, 11) is 1.67. The van der Waals surface area contributed by atoms with E-state index in [2.05, 4.69) is 37.4 Å². The molecule has 3 heteroatoms. The van der Waals surface area contributed by atoms with Gasteiger partial charge in [-0.25, -0.2) is 0 Å². The Hall–Kier alpha value is -2.16. The first kappa shape index (κ1) is 15.2. The van der Waals surface area contributed by atoms with E-state index in [-0.39, 0.29) is 0 Å². The fourth-order valence-corrected chi connectivity index (χ4v) is 2.19. The van der Waals surface area contributed by atoms with Gasteiger partial charge in [-0.2, -0.15) is 0 Å². The molecule has 0 bridgehead atoms. The number of para-hydroxylation sites is 2. The molecule has 0 aliphatic heterocycles. The number of nitrogens with one attached hydrogen (secondary N) is 1. The lowest BCUT2D eigenvalue weighted by atomic mass is 10.1. The zero-order valence-corrected chi connectivity index (χ0v) is 13.0. The van der Waals surface area contributed by atoms with Crippen LogP contribution in [0, 0.1) is 6.92 Å². The molecule has 1 N–H and O–H groups in total. The van der Waals surface area contributed by atoms with Crippen LogP contribution in [0.15, 0.2) is 42.5 Å². The maximum Gasteiger partial charge on any atom is 0.166 e. The predicted octanol–water partition coefficient (Wildman–Crippen LogP) is 4.40. The number of aryl methyl sites for hydroxylation is 1. The zero-order chi connectivity index (χ0) is 15.1. The van der Waals surface area contributed by atoms with Crippen LogP contribution in [-0.4, -0.2) is 13.7 Å². The van der Waals surface area contributed by atoms with Gasteiger partial charge in [0.25, 0.3) is 0 Å². The van der Waals surface area contributed by atoms with Crippen LogP contribution in [-0.2, 0) is 6.54 Å². The SMILES string of the molecule is CCCOc1c(CNc2ccccc2C)cccc1OC. The normalized spacial score (nSPS) is 10.2. The molecule has 0 atom stereocenters. The summed E-state index contributed by atoms with van der Waals surface area (Å²) in [5.74, 6) is 1.62. The smallest absolute Gasteiger partial charge is 0.166 e. The van der Waals surface area contributed by atoms with Gasteiger partial charge in [0.15, 0.2) is 11.5 Å². The van der Waals surface area contributed by atoms with Crippen molar-refractivity contribution in [2.24, 2.45) is 0 Å². The average molecular weight is 285 g/mol. The second kappa shape index (κ2) is 7.58. The van der Waals surface area contributed by atoms with Crippen LogP contribution in [0.4, 0.5) is 5.69 Å². The summed E-state index contributed by atoms with van der Waals surface area (Å²) >= 11 is 0. The zero-order valence-electron chi connectivity index (χ0n) is 13.0. The van der Waals surface area contributed by atoms with Crippen molar-refractivity contribution in [2.75, 3.05) is 19.0 Å². The minimum absolute atomic E-state index is 0.692. The van der Waals surface area contributed by atoms with Gasteiger partial charge in [0.2, 0.25) is 0 Å². The Labute approximate surface area is 126 Å². The fraction of sp³-hybridized carbons (Fsp3) is 0.333. The molecule has 0 aliphatic carbocycles. The minimum atomic E-state index is 0.692. The van der Waals surface area contributed by atoms with Crippen molar-refractivity contribution in [2.45, 2.75) is 26.8 Å². The van der Waals surface area contributed by atoms with Crippen molar-refractivity contribution in [3.63, 3.8) is 0 Å². The summed E-state index contributed by atoms with van der Waals surface area (Å²) in [6.07, 6.45) is 0.975. The highest BCUT2D eigenvalue weighted by atomic mass is 16.5. The molecule has 0 unspecified atom stereocenters. The molecule has 0 heterocycles. The van der Waals surface area contributed by atoms with Crippen LogP contribution < -0.4 is 14.8 Å². The molecular weight excluding hydrogens is 262 g/mol. The van der Waals surface area contributed by atoms with Crippen LogP contribution in [0.3, 0.4) is 0 Å². The molecule has 0 radical (unpaired) electrons. The number of ether oxygens (including phenoxy) is 2. The van der Waals surface area contributed by atoms with E-state index in [4.69, 9.17) is 9.47 Å². The number of methoxy groups -OCH3 is 1. The van der Waals surface area contributed by atoms with Gasteiger partial charge in [-0.15, -0.1) is 0 Å². The topological polar surface area (TPSA) is 30.5 Å². The van der Waals surface area contributed by atoms with Gasteiger partial charge in [0.05, 0.1) is 13.7 Å². The van der Waals surface area contributed by atoms with Crippen molar-refractivity contribution < 1.29 is 9.47 Å². The number of anilines is 1. The average Bonchev–Trinajstić information content (AvgIpc) is 2.52. The molecule has 0 amide bonds. The van der Waals surface area contributed by atoms with E-state index in [9.17, 15) is 0 Å². The number of hydrogen-bond donors (Lipinski definition) is 1. The van der Waals surface area contributed by atoms with E-state index in [1.807, 2.05) is 24.3 Å². The molecule has 0 fully saturated rings. The van der Waals surface area contributed by atoms with Crippen LogP contribution >= 0.6 is 0 Å². The van der Waals surface area contributed by atoms with Gasteiger partial charge in [0, 0.05) is 17.8 Å². The molecule has 0 saturated carbocycles. The maximum absolute atomic E-state index is 5.86. The van der Waals surface area contributed by atoms with Gasteiger partial charge >= 0.3 is 0 Å². The Morgan fingerprint density at radius 2 is 1.86 bits per heavy atom. The monoisotopic (exact) mass is 285 g/mol. The first-order chi connectivity index (χ1) is 10.3. The molecule has 0 aromatic heterocycles. The van der Waals surface area contributed by atoms with Crippen LogP contribution in [0.25, 0.3) is 0 Å². The van der Waals surface area contributed by atoms with E-state index in [1.165, 1.54) is 5.56 Å². The van der Waals surface area contributed by atoms with Crippen molar-refractivity contribution in [1.82, 2.24) is 0 Å². The van der Waals surface area contributed by atoms with Crippen molar-refractivity contribution in [3.05, 3.63) is 53.6 Å². The third-order valence-electron chi connectivity index (χ3n) is 3.35. The summed E-state index contributed by atoms with van der Waals surface area (Å²) in [6, 6.07) is 14.3. The van der Waals surface area contributed by atoms with Gasteiger partial charge in [-0.3, -0.25) is 0 Å². The van der Waals surface area contributed by atoms with Crippen LogP contribution in [0.5, 0.6) is 11.5 Å². The number of benzene rings is 2. The summed E-state index contributed by atoms with van der Waals surface area (Å²) < 4.78 is 11.3. The first-order valence-corrected chi connectivity index (χ1v) is 7.34. The van der Waals surface area contributed by atoms with E-state index >= 15 is 0 Å². The third-order valence-corrected chi connectivity index (χ3v) is 3.35. The molecule has 2 aromatic carbocycles. The Balaban J connectivity index is 2.17. The predicted molar refractivity (Wildman–Crippen MR) is 87.3 cm³/mol. The van der Waals surface area contributed by atoms with Crippen molar-refractivity contribution in [1.29, 1.82) is 0 Å². The standard InChI is InChI=1S/C18H23NO2/c1-4-12-21-18-15(9-7-11-17(18)20-3)13-19-16-10-6-5-8-14(16)2/h5-11,19H,4,12-13H2,1-3H3. The molecule has 2 aromatic rings. The third kappa shape index (κ3) is 3.91.